The zero-order valence-electron chi connectivity index (χ0n) is 24.0. The van der Waals surface area contributed by atoms with Crippen LogP contribution in [0.5, 0.6) is 11.5 Å². The highest BCUT2D eigenvalue weighted by molar-refractivity contribution is 7.07. The standard InChI is InChI=1S/C30H33N3O8S/c1-5-6-7-14-40-23-13-10-21(18-24(23)39-4)27-26(29(35)41-16-15-38-3)19(2)31-30-32(27)28(34)25(42-30)17-20-8-11-22(12-9-20)33(36)37/h8-13,17-18,27H,5-7,14-16H2,1-4H3. The first-order chi connectivity index (χ1) is 20.3. The molecule has 2 heterocycles. The Labute approximate surface area is 246 Å². The topological polar surface area (TPSA) is 131 Å². The number of hydrogen-bond acceptors (Lipinski definition) is 10. The number of nitro groups is 1. The number of non-ortho nitro benzene ring substituents is 1. The van der Waals surface area contributed by atoms with Crippen LogP contribution >= 0.6 is 11.3 Å². The number of allylic oxidation sites excluding steroid dienone is 1. The van der Waals surface area contributed by atoms with Crippen LogP contribution in [0.1, 0.15) is 50.3 Å². The molecule has 1 aromatic heterocycles. The highest BCUT2D eigenvalue weighted by Crippen LogP contribution is 2.36. The lowest BCUT2D eigenvalue weighted by Gasteiger charge is -2.25. The Hall–Kier alpha value is -4.29. The van der Waals surface area contributed by atoms with Crippen molar-refractivity contribution in [1.82, 2.24) is 4.57 Å². The molecule has 222 valence electrons. The number of thiazole rings is 1. The van der Waals surface area contributed by atoms with E-state index in [1.54, 1.807) is 43.3 Å². The fraction of sp³-hybridized carbons (Fsp3) is 0.367. The van der Waals surface area contributed by atoms with Crippen molar-refractivity contribution < 1.29 is 28.7 Å². The van der Waals surface area contributed by atoms with Gasteiger partial charge in [0.05, 0.1) is 47.1 Å². The van der Waals surface area contributed by atoms with Gasteiger partial charge in [0.15, 0.2) is 16.3 Å². The Balaban J connectivity index is 1.82. The number of hydrogen-bond donors (Lipinski definition) is 0. The average Bonchev–Trinajstić information content (AvgIpc) is 3.28. The molecule has 12 heteroatoms. The largest absolute Gasteiger partial charge is 0.493 e. The number of esters is 1. The van der Waals surface area contributed by atoms with Gasteiger partial charge in [-0.25, -0.2) is 9.79 Å². The van der Waals surface area contributed by atoms with Crippen molar-refractivity contribution in [3.8, 4) is 11.5 Å². The minimum atomic E-state index is -0.849. The van der Waals surface area contributed by atoms with Crippen molar-refractivity contribution in [2.24, 2.45) is 4.99 Å². The van der Waals surface area contributed by atoms with Crippen molar-refractivity contribution in [2.45, 2.75) is 39.2 Å². The molecule has 0 radical (unpaired) electrons. The number of nitro benzene ring substituents is 1. The summed E-state index contributed by atoms with van der Waals surface area (Å²) >= 11 is 1.17. The van der Waals surface area contributed by atoms with Gasteiger partial charge >= 0.3 is 5.97 Å². The average molecular weight is 596 g/mol. The second-order valence-corrected chi connectivity index (χ2v) is 10.5. The third-order valence-electron chi connectivity index (χ3n) is 6.67. The van der Waals surface area contributed by atoms with E-state index < -0.39 is 16.9 Å². The monoisotopic (exact) mass is 595 g/mol. The SMILES string of the molecule is CCCCCOc1ccc(C2C(C(=O)OCCOC)=C(C)N=c3sc(=Cc4ccc([N+](=O)[O-])cc4)c(=O)n32)cc1OC. The molecule has 1 atom stereocenters. The van der Waals surface area contributed by atoms with Crippen molar-refractivity contribution in [1.29, 1.82) is 0 Å². The second-order valence-electron chi connectivity index (χ2n) is 9.53. The van der Waals surface area contributed by atoms with Gasteiger partial charge in [0.1, 0.15) is 6.61 Å². The molecule has 0 saturated carbocycles. The van der Waals surface area contributed by atoms with Gasteiger partial charge in [-0.15, -0.1) is 0 Å². The summed E-state index contributed by atoms with van der Waals surface area (Å²) in [4.78, 5) is 42.8. The number of nitrogens with zero attached hydrogens (tertiary/aromatic N) is 3. The van der Waals surface area contributed by atoms with Gasteiger partial charge in [-0.2, -0.15) is 0 Å². The van der Waals surface area contributed by atoms with E-state index in [4.69, 9.17) is 18.9 Å². The van der Waals surface area contributed by atoms with Crippen molar-refractivity contribution in [3.05, 3.63) is 94.7 Å². The first kappa shape index (κ1) is 30.7. The maximum absolute atomic E-state index is 13.9. The molecule has 0 aliphatic carbocycles. The minimum absolute atomic E-state index is 0.0389. The van der Waals surface area contributed by atoms with Crippen molar-refractivity contribution in [2.75, 3.05) is 34.0 Å². The Morgan fingerprint density at radius 2 is 1.86 bits per heavy atom. The third kappa shape index (κ3) is 6.77. The van der Waals surface area contributed by atoms with Crippen LogP contribution in [0.15, 0.2) is 63.5 Å². The molecular formula is C30H33N3O8S. The predicted octanol–water partition coefficient (Wildman–Crippen LogP) is 3.91. The Kier molecular flexibility index (Phi) is 10.3. The van der Waals surface area contributed by atoms with Crippen LogP contribution in [0.4, 0.5) is 5.69 Å². The van der Waals surface area contributed by atoms with Gasteiger partial charge in [-0.3, -0.25) is 19.5 Å². The second kappa shape index (κ2) is 14.1. The zero-order valence-corrected chi connectivity index (χ0v) is 24.8. The van der Waals surface area contributed by atoms with Crippen LogP contribution in [0, 0.1) is 10.1 Å². The first-order valence-corrected chi connectivity index (χ1v) is 14.3. The quantitative estimate of drug-likeness (QED) is 0.126. The number of rotatable bonds is 13. The number of unbranched alkanes of at least 4 members (excludes halogenated alkanes) is 2. The number of benzene rings is 2. The molecule has 0 spiro atoms. The molecular weight excluding hydrogens is 562 g/mol. The molecule has 0 fully saturated rings. The van der Waals surface area contributed by atoms with Crippen molar-refractivity contribution >= 4 is 29.1 Å². The minimum Gasteiger partial charge on any atom is -0.493 e. The van der Waals surface area contributed by atoms with Crippen LogP contribution in [-0.4, -0.2) is 49.5 Å². The zero-order chi connectivity index (χ0) is 30.2. The summed E-state index contributed by atoms with van der Waals surface area (Å²) in [5.74, 6) is 0.424. The van der Waals surface area contributed by atoms with Crippen LogP contribution in [-0.2, 0) is 14.3 Å². The number of carbonyl (C=O) groups is 1. The Morgan fingerprint density at radius 3 is 2.52 bits per heavy atom. The fourth-order valence-corrected chi connectivity index (χ4v) is 5.59. The molecule has 42 heavy (non-hydrogen) atoms. The summed E-state index contributed by atoms with van der Waals surface area (Å²) in [5, 5.41) is 11.0. The van der Waals surface area contributed by atoms with E-state index in [1.165, 1.54) is 42.3 Å². The summed E-state index contributed by atoms with van der Waals surface area (Å²) in [6, 6.07) is 10.4. The molecule has 1 aliphatic heterocycles. The summed E-state index contributed by atoms with van der Waals surface area (Å²) in [6.07, 6.45) is 4.68. The van der Waals surface area contributed by atoms with Crippen LogP contribution in [0.25, 0.3) is 6.08 Å². The molecule has 1 unspecified atom stereocenters. The third-order valence-corrected chi connectivity index (χ3v) is 7.66. The highest BCUT2D eigenvalue weighted by Gasteiger charge is 2.34. The highest BCUT2D eigenvalue weighted by atomic mass is 32.1. The van der Waals surface area contributed by atoms with E-state index in [9.17, 15) is 19.7 Å². The van der Waals surface area contributed by atoms with Gasteiger partial charge in [-0.1, -0.05) is 37.2 Å². The predicted molar refractivity (Wildman–Crippen MR) is 158 cm³/mol. The lowest BCUT2D eigenvalue weighted by atomic mass is 9.95. The van der Waals surface area contributed by atoms with E-state index in [0.29, 0.717) is 44.3 Å². The van der Waals surface area contributed by atoms with Gasteiger partial charge < -0.3 is 18.9 Å². The van der Waals surface area contributed by atoms with Crippen molar-refractivity contribution in [3.63, 3.8) is 0 Å². The molecule has 0 N–H and O–H groups in total. The Bertz CT molecular complexity index is 1660. The van der Waals surface area contributed by atoms with E-state index in [0.717, 1.165) is 19.3 Å². The number of carbonyl (C=O) groups excluding carboxylic acids is 1. The van der Waals surface area contributed by atoms with Gasteiger partial charge in [0, 0.05) is 19.2 Å². The van der Waals surface area contributed by atoms with Gasteiger partial charge in [0.2, 0.25) is 0 Å². The lowest BCUT2D eigenvalue weighted by Crippen LogP contribution is -2.40. The van der Waals surface area contributed by atoms with Gasteiger partial charge in [-0.05, 0) is 54.8 Å². The van der Waals surface area contributed by atoms with Crippen LogP contribution in [0.3, 0.4) is 0 Å². The number of fused-ring (bicyclic) bond motifs is 1. The molecule has 0 amide bonds. The molecule has 0 bridgehead atoms. The first-order valence-electron chi connectivity index (χ1n) is 13.5. The number of methoxy groups -OCH3 is 2. The smallest absolute Gasteiger partial charge is 0.338 e. The number of ether oxygens (including phenoxy) is 4. The van der Waals surface area contributed by atoms with E-state index in [2.05, 4.69) is 11.9 Å². The van der Waals surface area contributed by atoms with E-state index in [1.807, 2.05) is 0 Å². The normalized spacial score (nSPS) is 14.8. The summed E-state index contributed by atoms with van der Waals surface area (Å²) in [7, 11) is 3.05. The van der Waals surface area contributed by atoms with E-state index in [-0.39, 0.29) is 30.0 Å². The molecule has 11 nitrogen and oxygen atoms in total. The fourth-order valence-electron chi connectivity index (χ4n) is 4.54. The molecule has 1 aliphatic rings. The summed E-state index contributed by atoms with van der Waals surface area (Å²) in [5.41, 5.74) is 1.46. The number of aromatic nitrogens is 1. The lowest BCUT2D eigenvalue weighted by molar-refractivity contribution is -0.384. The van der Waals surface area contributed by atoms with E-state index >= 15 is 0 Å². The van der Waals surface area contributed by atoms with Crippen LogP contribution < -0.4 is 24.4 Å². The Morgan fingerprint density at radius 1 is 1.10 bits per heavy atom. The molecule has 2 aromatic carbocycles. The summed E-state index contributed by atoms with van der Waals surface area (Å²) in [6.45, 7) is 4.62. The maximum Gasteiger partial charge on any atom is 0.338 e. The van der Waals surface area contributed by atoms with Crippen LogP contribution in [0.2, 0.25) is 0 Å². The maximum atomic E-state index is 13.9. The molecule has 3 aromatic rings. The summed E-state index contributed by atoms with van der Waals surface area (Å²) < 4.78 is 23.9. The molecule has 4 rings (SSSR count). The molecule has 0 saturated heterocycles. The van der Waals surface area contributed by atoms with Gasteiger partial charge in [0.25, 0.3) is 11.2 Å².